The molecule has 1 heterocycles. The highest BCUT2D eigenvalue weighted by molar-refractivity contribution is 7.98. The van der Waals surface area contributed by atoms with Gasteiger partial charge >= 0.3 is 0 Å². The number of ether oxygens (including phenoxy) is 1. The minimum absolute atomic E-state index is 0.0894. The van der Waals surface area contributed by atoms with Crippen LogP contribution >= 0.6 is 11.8 Å². The summed E-state index contributed by atoms with van der Waals surface area (Å²) in [4.78, 5) is 29.4. The zero-order valence-electron chi connectivity index (χ0n) is 12.1. The van der Waals surface area contributed by atoms with Gasteiger partial charge in [-0.3, -0.25) is 14.2 Å². The van der Waals surface area contributed by atoms with Crippen LogP contribution in [-0.4, -0.2) is 28.7 Å². The summed E-state index contributed by atoms with van der Waals surface area (Å²) in [6.45, 7) is 1.62. The van der Waals surface area contributed by atoms with E-state index in [4.69, 9.17) is 4.74 Å². The molecule has 0 atom stereocenters. The van der Waals surface area contributed by atoms with Crippen LogP contribution in [0.2, 0.25) is 0 Å². The summed E-state index contributed by atoms with van der Waals surface area (Å²) in [6.07, 6.45) is 1.97. The van der Waals surface area contributed by atoms with Crippen molar-refractivity contribution in [3.8, 4) is 6.01 Å². The van der Waals surface area contributed by atoms with Gasteiger partial charge in [-0.05, 0) is 25.3 Å². The van der Waals surface area contributed by atoms with E-state index in [-0.39, 0.29) is 23.9 Å². The second-order valence-corrected chi connectivity index (χ2v) is 5.34. The second-order valence-electron chi connectivity index (χ2n) is 4.46. The molecule has 0 aliphatic heterocycles. The van der Waals surface area contributed by atoms with E-state index >= 15 is 0 Å². The van der Waals surface area contributed by atoms with Gasteiger partial charge in [0.05, 0.1) is 13.7 Å². The summed E-state index contributed by atoms with van der Waals surface area (Å²) in [5.41, 5.74) is 0.820. The van der Waals surface area contributed by atoms with Gasteiger partial charge in [0.25, 0.3) is 11.6 Å². The van der Waals surface area contributed by atoms with Crippen molar-refractivity contribution in [1.82, 2.24) is 9.55 Å². The molecular weight excluding hydrogens is 288 g/mol. The third kappa shape index (κ3) is 3.52. The van der Waals surface area contributed by atoms with Crippen LogP contribution in [0.3, 0.4) is 0 Å². The van der Waals surface area contributed by atoms with Gasteiger partial charge in [0.1, 0.15) is 0 Å². The molecule has 2 aromatic rings. The van der Waals surface area contributed by atoms with Gasteiger partial charge < -0.3 is 4.74 Å². The summed E-state index contributed by atoms with van der Waals surface area (Å²) >= 11 is 1.61. The standard InChI is InChI=1S/C15H16N2O3S/c1-10-8-14(19)17(15(16-10)20-2)9-13(18)11-4-6-12(21-3)7-5-11/h4-8H,9H2,1-3H3. The van der Waals surface area contributed by atoms with E-state index in [1.807, 2.05) is 18.4 Å². The average Bonchev–Trinajstić information content (AvgIpc) is 2.49. The Morgan fingerprint density at radius 3 is 2.57 bits per heavy atom. The number of carbonyl (C=O) groups is 1. The van der Waals surface area contributed by atoms with Gasteiger partial charge in [0, 0.05) is 22.2 Å². The molecule has 0 unspecified atom stereocenters. The molecule has 1 aromatic carbocycles. The van der Waals surface area contributed by atoms with Crippen molar-refractivity contribution in [2.24, 2.45) is 0 Å². The highest BCUT2D eigenvalue weighted by atomic mass is 32.2. The van der Waals surface area contributed by atoms with Crippen LogP contribution in [0.25, 0.3) is 0 Å². The molecule has 6 heteroatoms. The lowest BCUT2D eigenvalue weighted by Crippen LogP contribution is -2.26. The normalized spacial score (nSPS) is 10.4. The van der Waals surface area contributed by atoms with Crippen molar-refractivity contribution in [2.45, 2.75) is 18.4 Å². The number of rotatable bonds is 5. The first-order valence-corrected chi connectivity index (χ1v) is 7.57. The predicted octanol–water partition coefficient (Wildman–Crippen LogP) is 2.17. The van der Waals surface area contributed by atoms with Gasteiger partial charge in [0.15, 0.2) is 5.78 Å². The quantitative estimate of drug-likeness (QED) is 0.626. The van der Waals surface area contributed by atoms with Crippen LogP contribution in [0.5, 0.6) is 6.01 Å². The molecule has 21 heavy (non-hydrogen) atoms. The number of aryl methyl sites for hydroxylation is 1. The molecule has 0 bridgehead atoms. The zero-order chi connectivity index (χ0) is 15.4. The Hall–Kier alpha value is -2.08. The molecule has 0 aliphatic rings. The fourth-order valence-electron chi connectivity index (χ4n) is 1.91. The van der Waals surface area contributed by atoms with Crippen LogP contribution in [0.1, 0.15) is 16.1 Å². The Morgan fingerprint density at radius 1 is 1.33 bits per heavy atom. The third-order valence-electron chi connectivity index (χ3n) is 3.00. The largest absolute Gasteiger partial charge is 0.468 e. The first-order chi connectivity index (χ1) is 10.0. The van der Waals surface area contributed by atoms with E-state index in [1.165, 1.54) is 17.7 Å². The van der Waals surface area contributed by atoms with Gasteiger partial charge in [-0.2, -0.15) is 0 Å². The van der Waals surface area contributed by atoms with Crippen molar-refractivity contribution >= 4 is 17.5 Å². The van der Waals surface area contributed by atoms with Crippen molar-refractivity contribution < 1.29 is 9.53 Å². The molecule has 0 spiro atoms. The number of hydrogen-bond donors (Lipinski definition) is 0. The number of aromatic nitrogens is 2. The molecule has 110 valence electrons. The molecule has 1 aromatic heterocycles. The van der Waals surface area contributed by atoms with Gasteiger partial charge in [-0.15, -0.1) is 11.8 Å². The van der Waals surface area contributed by atoms with Crippen LogP contribution in [-0.2, 0) is 6.54 Å². The Labute approximate surface area is 127 Å². The highest BCUT2D eigenvalue weighted by Gasteiger charge is 2.13. The SMILES string of the molecule is COc1nc(C)cc(=O)n1CC(=O)c1ccc(SC)cc1. The third-order valence-corrected chi connectivity index (χ3v) is 3.74. The topological polar surface area (TPSA) is 61.2 Å². The molecule has 0 saturated carbocycles. The number of nitrogens with zero attached hydrogens (tertiary/aromatic N) is 2. The first kappa shape index (κ1) is 15.3. The number of thioether (sulfide) groups is 1. The minimum atomic E-state index is -0.298. The van der Waals surface area contributed by atoms with Crippen LogP contribution in [0.15, 0.2) is 40.0 Å². The molecule has 5 nitrogen and oxygen atoms in total. The maximum atomic E-state index is 12.3. The number of carbonyl (C=O) groups excluding carboxylic acids is 1. The molecule has 2 rings (SSSR count). The smallest absolute Gasteiger partial charge is 0.299 e. The molecular formula is C15H16N2O3S. The zero-order valence-corrected chi connectivity index (χ0v) is 12.9. The van der Waals surface area contributed by atoms with E-state index in [0.29, 0.717) is 11.3 Å². The summed E-state index contributed by atoms with van der Waals surface area (Å²) in [5.74, 6) is -0.159. The Kier molecular flexibility index (Phi) is 4.80. The molecule has 0 N–H and O–H groups in total. The number of benzene rings is 1. The van der Waals surface area contributed by atoms with Crippen molar-refractivity contribution in [3.05, 3.63) is 51.9 Å². The fraction of sp³-hybridized carbons (Fsp3) is 0.267. The lowest BCUT2D eigenvalue weighted by atomic mass is 10.1. The predicted molar refractivity (Wildman–Crippen MR) is 82.3 cm³/mol. The molecule has 0 aliphatic carbocycles. The van der Waals surface area contributed by atoms with Crippen LogP contribution in [0, 0.1) is 6.92 Å². The minimum Gasteiger partial charge on any atom is -0.468 e. The molecule has 0 saturated heterocycles. The molecule has 0 amide bonds. The van der Waals surface area contributed by atoms with Gasteiger partial charge in [-0.1, -0.05) is 12.1 Å². The first-order valence-electron chi connectivity index (χ1n) is 6.35. The lowest BCUT2D eigenvalue weighted by molar-refractivity contribution is 0.0965. The Bertz CT molecular complexity index is 708. The monoisotopic (exact) mass is 304 g/mol. The Balaban J connectivity index is 2.29. The summed E-state index contributed by atoms with van der Waals surface area (Å²) < 4.78 is 6.31. The molecule has 0 radical (unpaired) electrons. The summed E-state index contributed by atoms with van der Waals surface area (Å²) in [6, 6.07) is 8.80. The van der Waals surface area contributed by atoms with Crippen molar-refractivity contribution in [1.29, 1.82) is 0 Å². The van der Waals surface area contributed by atoms with Gasteiger partial charge in [0.2, 0.25) is 0 Å². The number of hydrogen-bond acceptors (Lipinski definition) is 5. The van der Waals surface area contributed by atoms with Gasteiger partial charge in [-0.25, -0.2) is 4.98 Å². The van der Waals surface area contributed by atoms with E-state index in [2.05, 4.69) is 4.98 Å². The summed E-state index contributed by atoms with van der Waals surface area (Å²) in [7, 11) is 1.43. The van der Waals surface area contributed by atoms with Crippen molar-refractivity contribution in [2.75, 3.05) is 13.4 Å². The van der Waals surface area contributed by atoms with Crippen LogP contribution < -0.4 is 10.3 Å². The maximum Gasteiger partial charge on any atom is 0.299 e. The van der Waals surface area contributed by atoms with Crippen molar-refractivity contribution in [3.63, 3.8) is 0 Å². The van der Waals surface area contributed by atoms with E-state index in [1.54, 1.807) is 30.8 Å². The van der Waals surface area contributed by atoms with E-state index in [9.17, 15) is 9.59 Å². The highest BCUT2D eigenvalue weighted by Crippen LogP contribution is 2.15. The number of ketones is 1. The number of Topliss-reactive ketones (excluding diaryl/α,β-unsaturated/α-hetero) is 1. The maximum absolute atomic E-state index is 12.3. The Morgan fingerprint density at radius 2 is 2.00 bits per heavy atom. The molecule has 0 fully saturated rings. The second kappa shape index (κ2) is 6.58. The van der Waals surface area contributed by atoms with E-state index in [0.717, 1.165) is 4.90 Å². The van der Waals surface area contributed by atoms with Crippen LogP contribution in [0.4, 0.5) is 0 Å². The summed E-state index contributed by atoms with van der Waals surface area (Å²) in [5, 5.41) is 0. The average molecular weight is 304 g/mol. The van der Waals surface area contributed by atoms with E-state index < -0.39 is 0 Å². The fourth-order valence-corrected chi connectivity index (χ4v) is 2.32. The lowest BCUT2D eigenvalue weighted by Gasteiger charge is -2.10. The number of methoxy groups -OCH3 is 1.